The molecular weight excluding hydrogens is 202 g/mol. The van der Waals surface area contributed by atoms with Crippen LogP contribution < -0.4 is 15.5 Å². The lowest BCUT2D eigenvalue weighted by molar-refractivity contribution is -0.119. The predicted molar refractivity (Wildman–Crippen MR) is 63.3 cm³/mol. The van der Waals surface area contributed by atoms with Gasteiger partial charge < -0.3 is 10.2 Å². The Hall–Kier alpha value is -1.55. The minimum absolute atomic E-state index is 0.0244. The first-order chi connectivity index (χ1) is 7.75. The third kappa shape index (κ3) is 2.73. The average molecular weight is 218 g/mol. The number of carbonyl (C=O) groups is 1. The summed E-state index contributed by atoms with van der Waals surface area (Å²) in [4.78, 5) is 13.2. The van der Waals surface area contributed by atoms with Crippen molar-refractivity contribution in [2.45, 2.75) is 13.1 Å². The third-order valence-electron chi connectivity index (χ3n) is 2.60. The van der Waals surface area contributed by atoms with Gasteiger partial charge in [0, 0.05) is 25.7 Å². The van der Waals surface area contributed by atoms with Gasteiger partial charge in [-0.3, -0.25) is 4.79 Å². The molecule has 85 valence electrons. The summed E-state index contributed by atoms with van der Waals surface area (Å²) in [6.45, 7) is 3.96. The zero-order valence-corrected chi connectivity index (χ0v) is 9.39. The lowest BCUT2D eigenvalue weighted by atomic mass is 10.2. The molecule has 1 aromatic carbocycles. The Morgan fingerprint density at radius 3 is 2.88 bits per heavy atom. The highest BCUT2D eigenvalue weighted by molar-refractivity contribution is 5.73. The van der Waals surface area contributed by atoms with Crippen LogP contribution in [0.25, 0.3) is 0 Å². The molecule has 4 nitrogen and oxygen atoms in total. The van der Waals surface area contributed by atoms with Crippen LogP contribution in [0.4, 0.5) is 5.69 Å². The number of nitrogens with zero attached hydrogens (tertiary/aromatic N) is 2. The Bertz CT molecular complexity index is 353. The number of rotatable bonds is 2. The first kappa shape index (κ1) is 11.0. The second kappa shape index (κ2) is 4.99. The number of para-hydroxylation sites is 1. The largest absolute Gasteiger partial charge is 0.367 e. The highest BCUT2D eigenvalue weighted by Crippen LogP contribution is 2.14. The van der Waals surface area contributed by atoms with E-state index in [-0.39, 0.29) is 12.1 Å². The fraction of sp³-hybridized carbons (Fsp3) is 0.417. The van der Waals surface area contributed by atoms with Gasteiger partial charge in [0.1, 0.15) is 6.17 Å². The van der Waals surface area contributed by atoms with Crippen molar-refractivity contribution in [3.8, 4) is 0 Å². The molecule has 1 amide bonds. The fourth-order valence-corrected chi connectivity index (χ4v) is 1.89. The van der Waals surface area contributed by atoms with Gasteiger partial charge in [0.2, 0.25) is 5.91 Å². The van der Waals surface area contributed by atoms with Crippen LogP contribution in [0.5, 0.6) is 0 Å². The summed E-state index contributed by atoms with van der Waals surface area (Å²) in [6, 6.07) is 10.2. The van der Waals surface area contributed by atoms with Gasteiger partial charge in [0.05, 0.1) is 6.54 Å². The third-order valence-corrected chi connectivity index (χ3v) is 2.60. The Morgan fingerprint density at radius 2 is 2.19 bits per heavy atom. The van der Waals surface area contributed by atoms with Gasteiger partial charge in [0.25, 0.3) is 0 Å². The summed E-state index contributed by atoms with van der Waals surface area (Å²) in [5, 5.41) is 7.21. The molecule has 0 spiro atoms. The molecule has 1 N–H and O–H groups in total. The van der Waals surface area contributed by atoms with Crippen molar-refractivity contribution in [3.05, 3.63) is 30.3 Å². The maximum Gasteiger partial charge on any atom is 0.218 e. The second-order valence-electron chi connectivity index (χ2n) is 3.90. The van der Waals surface area contributed by atoms with Crippen LogP contribution in [0.3, 0.4) is 0 Å². The predicted octanol–water partition coefficient (Wildman–Crippen LogP) is 0.573. The molecule has 1 heterocycles. The molecule has 16 heavy (non-hydrogen) atoms. The minimum Gasteiger partial charge on any atom is -0.367 e. The molecule has 1 atom stereocenters. The molecule has 0 aromatic heterocycles. The van der Waals surface area contributed by atoms with Crippen LogP contribution in [-0.2, 0) is 4.79 Å². The number of piperazine rings is 1. The van der Waals surface area contributed by atoms with Crippen LogP contribution in [0.15, 0.2) is 30.3 Å². The maximum absolute atomic E-state index is 11.0. The summed E-state index contributed by atoms with van der Waals surface area (Å²) in [5.74, 6) is -0.0244. The van der Waals surface area contributed by atoms with Crippen LogP contribution in [0.1, 0.15) is 6.92 Å². The molecule has 1 radical (unpaired) electrons. The molecule has 1 aliphatic rings. The maximum atomic E-state index is 11.0. The molecule has 1 unspecified atom stereocenters. The molecule has 4 heteroatoms. The lowest BCUT2D eigenvalue weighted by Gasteiger charge is -2.34. The normalized spacial score (nSPS) is 20.6. The minimum atomic E-state index is -0.0774. The number of anilines is 1. The van der Waals surface area contributed by atoms with Crippen LogP contribution in [0.2, 0.25) is 0 Å². The second-order valence-corrected chi connectivity index (χ2v) is 3.90. The Kier molecular flexibility index (Phi) is 3.41. The zero-order valence-electron chi connectivity index (χ0n) is 9.39. The smallest absolute Gasteiger partial charge is 0.218 e. The quantitative estimate of drug-likeness (QED) is 0.789. The average Bonchev–Trinajstić information content (AvgIpc) is 2.30. The Labute approximate surface area is 95.6 Å². The number of nitrogens with one attached hydrogen (secondary N) is 1. The van der Waals surface area contributed by atoms with Crippen molar-refractivity contribution in [2.75, 3.05) is 24.5 Å². The van der Waals surface area contributed by atoms with E-state index < -0.39 is 0 Å². The first-order valence-corrected chi connectivity index (χ1v) is 5.49. The SMILES string of the molecule is CC(=O)NC1CN(c2ccccc2)CC[N]1. The summed E-state index contributed by atoms with van der Waals surface area (Å²) in [7, 11) is 0. The summed E-state index contributed by atoms with van der Waals surface area (Å²) in [6.07, 6.45) is -0.0774. The van der Waals surface area contributed by atoms with E-state index in [9.17, 15) is 4.79 Å². The van der Waals surface area contributed by atoms with E-state index >= 15 is 0 Å². The first-order valence-electron chi connectivity index (χ1n) is 5.49. The molecule has 0 bridgehead atoms. The van der Waals surface area contributed by atoms with E-state index in [1.165, 1.54) is 12.6 Å². The van der Waals surface area contributed by atoms with E-state index in [1.807, 2.05) is 18.2 Å². The number of amides is 1. The lowest BCUT2D eigenvalue weighted by Crippen LogP contribution is -2.54. The summed E-state index contributed by atoms with van der Waals surface area (Å²) in [5.41, 5.74) is 1.19. The zero-order chi connectivity index (χ0) is 11.4. The molecular formula is C12H16N3O. The van der Waals surface area contributed by atoms with Crippen molar-refractivity contribution in [1.29, 1.82) is 0 Å². The van der Waals surface area contributed by atoms with Gasteiger partial charge in [0.15, 0.2) is 0 Å². The van der Waals surface area contributed by atoms with Crippen LogP contribution >= 0.6 is 0 Å². The number of benzene rings is 1. The van der Waals surface area contributed by atoms with Crippen LogP contribution in [0, 0.1) is 0 Å². The van der Waals surface area contributed by atoms with Gasteiger partial charge in [-0.1, -0.05) is 18.2 Å². The number of hydrogen-bond donors (Lipinski definition) is 1. The highest BCUT2D eigenvalue weighted by atomic mass is 16.1. The van der Waals surface area contributed by atoms with E-state index in [1.54, 1.807) is 0 Å². The monoisotopic (exact) mass is 218 g/mol. The topological polar surface area (TPSA) is 46.4 Å². The van der Waals surface area contributed by atoms with Gasteiger partial charge in [-0.25, -0.2) is 5.32 Å². The van der Waals surface area contributed by atoms with E-state index in [0.29, 0.717) is 0 Å². The molecule has 0 aliphatic carbocycles. The molecule has 1 aliphatic heterocycles. The highest BCUT2D eigenvalue weighted by Gasteiger charge is 2.20. The van der Waals surface area contributed by atoms with Gasteiger partial charge in [-0.2, -0.15) is 0 Å². The van der Waals surface area contributed by atoms with Crippen molar-refractivity contribution in [2.24, 2.45) is 0 Å². The standard InChI is InChI=1S/C12H16N3O/c1-10(16)14-12-9-15(8-7-13-12)11-5-3-2-4-6-11/h2-6,12H,7-9H2,1H3,(H,14,16). The molecule has 1 saturated heterocycles. The summed E-state index contributed by atoms with van der Waals surface area (Å²) < 4.78 is 0. The van der Waals surface area contributed by atoms with Crippen LogP contribution in [-0.4, -0.2) is 31.7 Å². The number of carbonyl (C=O) groups excluding carboxylic acids is 1. The fourth-order valence-electron chi connectivity index (χ4n) is 1.89. The molecule has 2 rings (SSSR count). The Balaban J connectivity index is 1.99. The number of hydrogen-bond acceptors (Lipinski definition) is 2. The Morgan fingerprint density at radius 1 is 1.44 bits per heavy atom. The van der Waals surface area contributed by atoms with Gasteiger partial charge in [-0.05, 0) is 12.1 Å². The van der Waals surface area contributed by atoms with Crippen molar-refractivity contribution in [3.63, 3.8) is 0 Å². The van der Waals surface area contributed by atoms with Gasteiger partial charge in [-0.15, -0.1) is 0 Å². The van der Waals surface area contributed by atoms with Crippen molar-refractivity contribution >= 4 is 11.6 Å². The van der Waals surface area contributed by atoms with E-state index in [4.69, 9.17) is 0 Å². The van der Waals surface area contributed by atoms with Gasteiger partial charge >= 0.3 is 0 Å². The molecule has 0 saturated carbocycles. The molecule has 1 aromatic rings. The van der Waals surface area contributed by atoms with Crippen molar-refractivity contribution < 1.29 is 4.79 Å². The van der Waals surface area contributed by atoms with Crippen molar-refractivity contribution in [1.82, 2.24) is 10.6 Å². The summed E-state index contributed by atoms with van der Waals surface area (Å²) >= 11 is 0. The molecule has 1 fully saturated rings. The van der Waals surface area contributed by atoms with E-state index in [0.717, 1.165) is 19.6 Å². The van der Waals surface area contributed by atoms with E-state index in [2.05, 4.69) is 27.7 Å².